The summed E-state index contributed by atoms with van der Waals surface area (Å²) < 4.78 is 6.05. The zero-order valence-corrected chi connectivity index (χ0v) is 13.4. The highest BCUT2D eigenvalue weighted by atomic mass is 16.5. The van der Waals surface area contributed by atoms with Gasteiger partial charge >= 0.3 is 0 Å². The molecule has 0 fully saturated rings. The molecule has 2 nitrogen and oxygen atoms in total. The molecule has 2 heteroatoms. The molecule has 0 spiro atoms. The molecular formula is C19H27NO. The zero-order valence-electron chi connectivity index (χ0n) is 13.4. The Labute approximate surface area is 128 Å². The van der Waals surface area contributed by atoms with E-state index in [1.807, 2.05) is 0 Å². The van der Waals surface area contributed by atoms with Crippen molar-refractivity contribution in [1.82, 2.24) is 0 Å². The summed E-state index contributed by atoms with van der Waals surface area (Å²) in [6.07, 6.45) is 2.93. The first-order chi connectivity index (χ1) is 10.1. The van der Waals surface area contributed by atoms with Gasteiger partial charge < -0.3 is 10.5 Å². The molecule has 0 aliphatic carbocycles. The van der Waals surface area contributed by atoms with E-state index in [2.05, 4.69) is 57.2 Å². The molecule has 0 heterocycles. The fourth-order valence-corrected chi connectivity index (χ4v) is 2.47. The molecule has 21 heavy (non-hydrogen) atoms. The van der Waals surface area contributed by atoms with Gasteiger partial charge in [-0.3, -0.25) is 0 Å². The number of ether oxygens (including phenoxy) is 1. The number of hydrogen-bond donors (Lipinski definition) is 1. The van der Waals surface area contributed by atoms with Crippen LogP contribution in [0.2, 0.25) is 0 Å². The van der Waals surface area contributed by atoms with Crippen molar-refractivity contribution >= 4 is 10.8 Å². The van der Waals surface area contributed by atoms with Crippen LogP contribution in [0.15, 0.2) is 36.4 Å². The van der Waals surface area contributed by atoms with Gasteiger partial charge in [0.15, 0.2) is 0 Å². The lowest BCUT2D eigenvalue weighted by Gasteiger charge is -2.17. The predicted molar refractivity (Wildman–Crippen MR) is 90.9 cm³/mol. The molecule has 0 saturated carbocycles. The normalized spacial score (nSPS) is 12.8. The minimum Gasteiger partial charge on any atom is -0.493 e. The topological polar surface area (TPSA) is 35.2 Å². The monoisotopic (exact) mass is 285 g/mol. The molecular weight excluding hydrogens is 258 g/mol. The Morgan fingerprint density at radius 1 is 1.10 bits per heavy atom. The molecule has 0 aliphatic heterocycles. The lowest BCUT2D eigenvalue weighted by Crippen LogP contribution is -2.22. The zero-order chi connectivity index (χ0) is 15.2. The van der Waals surface area contributed by atoms with Gasteiger partial charge in [-0.05, 0) is 42.0 Å². The summed E-state index contributed by atoms with van der Waals surface area (Å²) in [6.45, 7) is 7.34. The quantitative estimate of drug-likeness (QED) is 0.810. The first kappa shape index (κ1) is 15.8. The van der Waals surface area contributed by atoms with Gasteiger partial charge in [0.2, 0.25) is 0 Å². The SMILES string of the molecule is CCC(N)Cc1c(OCCC(C)C)ccc2ccccc12. The smallest absolute Gasteiger partial charge is 0.123 e. The third-order valence-corrected chi connectivity index (χ3v) is 3.94. The highest BCUT2D eigenvalue weighted by Crippen LogP contribution is 2.29. The van der Waals surface area contributed by atoms with E-state index < -0.39 is 0 Å². The van der Waals surface area contributed by atoms with E-state index in [4.69, 9.17) is 10.5 Å². The van der Waals surface area contributed by atoms with Crippen molar-refractivity contribution < 1.29 is 4.74 Å². The Balaban J connectivity index is 2.31. The Kier molecular flexibility index (Phi) is 5.63. The molecule has 0 saturated heterocycles. The fraction of sp³-hybridized carbons (Fsp3) is 0.474. The summed E-state index contributed by atoms with van der Waals surface area (Å²) in [4.78, 5) is 0. The minimum atomic E-state index is 0.184. The molecule has 114 valence electrons. The van der Waals surface area contributed by atoms with Crippen molar-refractivity contribution in [2.75, 3.05) is 6.61 Å². The molecule has 2 aromatic carbocycles. The number of benzene rings is 2. The minimum absolute atomic E-state index is 0.184. The van der Waals surface area contributed by atoms with Crippen LogP contribution < -0.4 is 10.5 Å². The molecule has 2 N–H and O–H groups in total. The average Bonchev–Trinajstić information content (AvgIpc) is 2.48. The fourth-order valence-electron chi connectivity index (χ4n) is 2.47. The summed E-state index contributed by atoms with van der Waals surface area (Å²) in [5.41, 5.74) is 7.44. The molecule has 0 bridgehead atoms. The predicted octanol–water partition coefficient (Wildman–Crippen LogP) is 4.54. The Bertz CT molecular complexity index is 577. The third-order valence-electron chi connectivity index (χ3n) is 3.94. The van der Waals surface area contributed by atoms with E-state index >= 15 is 0 Å². The van der Waals surface area contributed by atoms with Crippen LogP contribution >= 0.6 is 0 Å². The molecule has 2 rings (SSSR count). The molecule has 0 amide bonds. The van der Waals surface area contributed by atoms with Crippen molar-refractivity contribution in [2.24, 2.45) is 11.7 Å². The summed E-state index contributed by atoms with van der Waals surface area (Å²) in [7, 11) is 0. The van der Waals surface area contributed by atoms with Gasteiger partial charge in [-0.1, -0.05) is 51.1 Å². The largest absolute Gasteiger partial charge is 0.493 e. The van der Waals surface area contributed by atoms with Gasteiger partial charge in [0.1, 0.15) is 5.75 Å². The lowest BCUT2D eigenvalue weighted by molar-refractivity contribution is 0.287. The summed E-state index contributed by atoms with van der Waals surface area (Å²) in [5, 5.41) is 2.52. The van der Waals surface area contributed by atoms with E-state index in [-0.39, 0.29) is 6.04 Å². The highest BCUT2D eigenvalue weighted by Gasteiger charge is 2.12. The Morgan fingerprint density at radius 3 is 2.57 bits per heavy atom. The molecule has 1 atom stereocenters. The van der Waals surface area contributed by atoms with Crippen molar-refractivity contribution in [3.8, 4) is 5.75 Å². The first-order valence-corrected chi connectivity index (χ1v) is 8.00. The van der Waals surface area contributed by atoms with Gasteiger partial charge in [-0.15, -0.1) is 0 Å². The van der Waals surface area contributed by atoms with Gasteiger partial charge in [-0.25, -0.2) is 0 Å². The summed E-state index contributed by atoms with van der Waals surface area (Å²) in [6, 6.07) is 12.9. The first-order valence-electron chi connectivity index (χ1n) is 8.00. The van der Waals surface area contributed by atoms with Crippen LogP contribution in [0.5, 0.6) is 5.75 Å². The van der Waals surface area contributed by atoms with E-state index in [0.717, 1.165) is 31.6 Å². The van der Waals surface area contributed by atoms with Crippen LogP contribution in [0.3, 0.4) is 0 Å². The summed E-state index contributed by atoms with van der Waals surface area (Å²) >= 11 is 0. The average molecular weight is 285 g/mol. The Hall–Kier alpha value is -1.54. The van der Waals surface area contributed by atoms with E-state index in [1.54, 1.807) is 0 Å². The molecule has 1 unspecified atom stereocenters. The van der Waals surface area contributed by atoms with Crippen LogP contribution in [0.4, 0.5) is 0 Å². The van der Waals surface area contributed by atoms with Crippen molar-refractivity contribution in [3.63, 3.8) is 0 Å². The van der Waals surface area contributed by atoms with E-state index in [9.17, 15) is 0 Å². The number of nitrogens with two attached hydrogens (primary N) is 1. The second-order valence-electron chi connectivity index (χ2n) is 6.17. The molecule has 0 aliphatic rings. The maximum Gasteiger partial charge on any atom is 0.123 e. The van der Waals surface area contributed by atoms with E-state index in [1.165, 1.54) is 16.3 Å². The van der Waals surface area contributed by atoms with Crippen LogP contribution in [0.1, 0.15) is 39.2 Å². The van der Waals surface area contributed by atoms with Gasteiger partial charge in [0.05, 0.1) is 6.61 Å². The maximum atomic E-state index is 6.19. The molecule has 0 aromatic heterocycles. The Morgan fingerprint density at radius 2 is 1.86 bits per heavy atom. The van der Waals surface area contributed by atoms with Crippen LogP contribution in [0, 0.1) is 5.92 Å². The number of hydrogen-bond acceptors (Lipinski definition) is 2. The van der Waals surface area contributed by atoms with Gasteiger partial charge in [-0.2, -0.15) is 0 Å². The van der Waals surface area contributed by atoms with Crippen molar-refractivity contribution in [2.45, 2.75) is 46.1 Å². The molecule has 0 radical (unpaired) electrons. The van der Waals surface area contributed by atoms with Crippen LogP contribution in [-0.2, 0) is 6.42 Å². The standard InChI is InChI=1S/C19H27NO/c1-4-16(20)13-18-17-8-6-5-7-15(17)9-10-19(18)21-12-11-14(2)3/h5-10,14,16H,4,11-13,20H2,1-3H3. The van der Waals surface area contributed by atoms with Crippen molar-refractivity contribution in [1.29, 1.82) is 0 Å². The molecule has 2 aromatic rings. The number of fused-ring (bicyclic) bond motifs is 1. The van der Waals surface area contributed by atoms with Crippen LogP contribution in [-0.4, -0.2) is 12.6 Å². The second-order valence-corrected chi connectivity index (χ2v) is 6.17. The van der Waals surface area contributed by atoms with E-state index in [0.29, 0.717) is 5.92 Å². The number of rotatable bonds is 7. The van der Waals surface area contributed by atoms with Crippen molar-refractivity contribution in [3.05, 3.63) is 42.0 Å². The third kappa shape index (κ3) is 4.21. The maximum absolute atomic E-state index is 6.19. The van der Waals surface area contributed by atoms with Crippen LogP contribution in [0.25, 0.3) is 10.8 Å². The lowest BCUT2D eigenvalue weighted by atomic mass is 9.97. The van der Waals surface area contributed by atoms with Gasteiger partial charge in [0.25, 0.3) is 0 Å². The summed E-state index contributed by atoms with van der Waals surface area (Å²) in [5.74, 6) is 1.66. The van der Waals surface area contributed by atoms with Gasteiger partial charge in [0, 0.05) is 11.6 Å². The highest BCUT2D eigenvalue weighted by molar-refractivity contribution is 5.87. The second kappa shape index (κ2) is 7.46.